The Labute approximate surface area is 161 Å². The van der Waals surface area contributed by atoms with E-state index in [1.807, 2.05) is 30.3 Å². The van der Waals surface area contributed by atoms with Crippen LogP contribution in [0.5, 0.6) is 0 Å². The van der Waals surface area contributed by atoms with Crippen LogP contribution in [0.15, 0.2) is 54.6 Å². The second kappa shape index (κ2) is 7.72. The topological polar surface area (TPSA) is 58.1 Å². The Bertz CT molecular complexity index is 948. The number of aromatic nitrogens is 2. The Hall–Kier alpha value is -2.63. The van der Waals surface area contributed by atoms with Crippen molar-refractivity contribution in [2.24, 2.45) is 0 Å². The number of halogens is 2. The highest BCUT2D eigenvalue weighted by atomic mass is 35.5. The van der Waals surface area contributed by atoms with Gasteiger partial charge in [-0.1, -0.05) is 41.4 Å². The first-order chi connectivity index (χ1) is 12.4. The van der Waals surface area contributed by atoms with Crippen LogP contribution in [0, 0.1) is 6.92 Å². The number of nitrogens with zero attached hydrogens (tertiary/aromatic N) is 3. The summed E-state index contributed by atoms with van der Waals surface area (Å²) in [6.45, 7) is 1.73. The van der Waals surface area contributed by atoms with E-state index < -0.39 is 0 Å². The van der Waals surface area contributed by atoms with Gasteiger partial charge in [-0.15, -0.1) is 0 Å². The normalized spacial score (nSPS) is 10.5. The molecule has 7 heteroatoms. The average molecular weight is 387 g/mol. The van der Waals surface area contributed by atoms with E-state index in [-0.39, 0.29) is 11.6 Å². The number of aryl methyl sites for hydroxylation is 1. The molecule has 26 heavy (non-hydrogen) atoms. The van der Waals surface area contributed by atoms with E-state index in [0.29, 0.717) is 27.4 Å². The molecule has 0 radical (unpaired) electrons. The number of carbonyl (C=O) groups is 1. The first-order valence-electron chi connectivity index (χ1n) is 7.85. The molecule has 0 aliphatic carbocycles. The zero-order valence-electron chi connectivity index (χ0n) is 14.2. The number of hydrogen-bond acceptors (Lipinski definition) is 4. The van der Waals surface area contributed by atoms with Crippen LogP contribution in [0.2, 0.25) is 10.0 Å². The summed E-state index contributed by atoms with van der Waals surface area (Å²) in [5, 5.41) is 4.10. The molecule has 1 heterocycles. The molecule has 1 aromatic heterocycles. The quantitative estimate of drug-likeness (QED) is 0.676. The Morgan fingerprint density at radius 1 is 1.04 bits per heavy atom. The van der Waals surface area contributed by atoms with E-state index in [2.05, 4.69) is 15.3 Å². The molecule has 0 spiro atoms. The lowest BCUT2D eigenvalue weighted by Crippen LogP contribution is -2.27. The molecule has 0 aliphatic rings. The lowest BCUT2D eigenvalue weighted by atomic mass is 10.2. The van der Waals surface area contributed by atoms with Crippen LogP contribution in [0.1, 0.15) is 16.3 Å². The highest BCUT2D eigenvalue weighted by Crippen LogP contribution is 2.28. The second-order valence-electron chi connectivity index (χ2n) is 5.63. The van der Waals surface area contributed by atoms with Crippen molar-refractivity contribution in [3.63, 3.8) is 0 Å². The van der Waals surface area contributed by atoms with Gasteiger partial charge in [0.2, 0.25) is 0 Å². The Morgan fingerprint density at radius 3 is 2.46 bits per heavy atom. The van der Waals surface area contributed by atoms with Crippen molar-refractivity contribution in [1.29, 1.82) is 0 Å². The summed E-state index contributed by atoms with van der Waals surface area (Å²) in [4.78, 5) is 22.9. The number of para-hydroxylation sites is 1. The number of nitrogens with one attached hydrogen (secondary N) is 1. The summed E-state index contributed by atoms with van der Waals surface area (Å²) in [5.41, 5.74) is 1.71. The second-order valence-corrected chi connectivity index (χ2v) is 6.48. The molecule has 0 bridgehead atoms. The largest absolute Gasteiger partial charge is 0.339 e. The maximum Gasteiger partial charge on any atom is 0.276 e. The molecular weight excluding hydrogens is 371 g/mol. The smallest absolute Gasteiger partial charge is 0.276 e. The Balaban J connectivity index is 1.89. The van der Waals surface area contributed by atoms with Crippen molar-refractivity contribution in [1.82, 2.24) is 9.97 Å². The monoisotopic (exact) mass is 386 g/mol. The molecule has 0 atom stereocenters. The summed E-state index contributed by atoms with van der Waals surface area (Å²) in [5.74, 6) is 0.725. The summed E-state index contributed by atoms with van der Waals surface area (Å²) < 4.78 is 0. The van der Waals surface area contributed by atoms with E-state index in [1.165, 1.54) is 0 Å². The van der Waals surface area contributed by atoms with Crippen LogP contribution < -0.4 is 10.2 Å². The van der Waals surface area contributed by atoms with E-state index >= 15 is 0 Å². The predicted octanol–water partition coefficient (Wildman–Crippen LogP) is 5.11. The fourth-order valence-corrected chi connectivity index (χ4v) is 2.87. The third-order valence-electron chi connectivity index (χ3n) is 3.70. The third kappa shape index (κ3) is 4.12. The van der Waals surface area contributed by atoms with E-state index in [0.717, 1.165) is 5.69 Å². The summed E-state index contributed by atoms with van der Waals surface area (Å²) >= 11 is 12.1. The SMILES string of the molecule is Cc1nc(Nc2ccc(Cl)cc2Cl)cc(C(=O)N(C)c2ccccc2)n1. The molecule has 5 nitrogen and oxygen atoms in total. The number of amides is 1. The number of anilines is 3. The maximum absolute atomic E-state index is 12.8. The molecule has 0 saturated carbocycles. The number of hydrogen-bond donors (Lipinski definition) is 1. The minimum absolute atomic E-state index is 0.230. The molecular formula is C19H16Cl2N4O. The van der Waals surface area contributed by atoms with Crippen LogP contribution in [0.3, 0.4) is 0 Å². The van der Waals surface area contributed by atoms with Gasteiger partial charge in [0.15, 0.2) is 0 Å². The zero-order chi connectivity index (χ0) is 18.7. The highest BCUT2D eigenvalue weighted by Gasteiger charge is 2.17. The summed E-state index contributed by atoms with van der Waals surface area (Å²) in [7, 11) is 1.71. The van der Waals surface area contributed by atoms with Crippen molar-refractivity contribution in [3.05, 3.63) is 76.2 Å². The number of benzene rings is 2. The highest BCUT2D eigenvalue weighted by molar-refractivity contribution is 6.36. The van der Waals surface area contributed by atoms with Gasteiger partial charge in [0.05, 0.1) is 10.7 Å². The maximum atomic E-state index is 12.8. The van der Waals surface area contributed by atoms with Gasteiger partial charge < -0.3 is 10.2 Å². The van der Waals surface area contributed by atoms with Crippen LogP contribution in [0.4, 0.5) is 17.2 Å². The zero-order valence-corrected chi connectivity index (χ0v) is 15.7. The van der Waals surface area contributed by atoms with Gasteiger partial charge in [0.25, 0.3) is 5.91 Å². The minimum Gasteiger partial charge on any atom is -0.339 e. The van der Waals surface area contributed by atoms with Crippen LogP contribution >= 0.6 is 23.2 Å². The minimum atomic E-state index is -0.230. The lowest BCUT2D eigenvalue weighted by Gasteiger charge is -2.17. The lowest BCUT2D eigenvalue weighted by molar-refractivity contribution is 0.0988. The standard InChI is InChI=1S/C19H16Cl2N4O/c1-12-22-17(19(26)25(2)14-6-4-3-5-7-14)11-18(23-12)24-16-9-8-13(20)10-15(16)21/h3-11H,1-2H3,(H,22,23,24). The average Bonchev–Trinajstić information content (AvgIpc) is 2.63. The molecule has 0 aliphatic heterocycles. The molecule has 3 aromatic rings. The molecule has 2 aromatic carbocycles. The van der Waals surface area contributed by atoms with Crippen LogP contribution in [-0.2, 0) is 0 Å². The Morgan fingerprint density at radius 2 is 1.77 bits per heavy atom. The van der Waals surface area contributed by atoms with Gasteiger partial charge >= 0.3 is 0 Å². The van der Waals surface area contributed by atoms with Crippen molar-refractivity contribution >= 4 is 46.3 Å². The van der Waals surface area contributed by atoms with Gasteiger partial charge in [-0.2, -0.15) is 0 Å². The van der Waals surface area contributed by atoms with Gasteiger partial charge in [-0.05, 0) is 37.3 Å². The first kappa shape index (κ1) is 18.2. The van der Waals surface area contributed by atoms with Gasteiger partial charge in [0.1, 0.15) is 17.3 Å². The van der Waals surface area contributed by atoms with Gasteiger partial charge in [0, 0.05) is 23.8 Å². The van der Waals surface area contributed by atoms with E-state index in [1.54, 1.807) is 43.1 Å². The Kier molecular flexibility index (Phi) is 5.40. The van der Waals surface area contributed by atoms with Crippen LogP contribution in [0.25, 0.3) is 0 Å². The van der Waals surface area contributed by atoms with Gasteiger partial charge in [-0.25, -0.2) is 9.97 Å². The molecule has 1 amide bonds. The molecule has 132 valence electrons. The fraction of sp³-hybridized carbons (Fsp3) is 0.105. The van der Waals surface area contributed by atoms with E-state index in [4.69, 9.17) is 23.2 Å². The number of rotatable bonds is 4. The molecule has 1 N–H and O–H groups in total. The first-order valence-corrected chi connectivity index (χ1v) is 8.60. The fourth-order valence-electron chi connectivity index (χ4n) is 2.41. The number of carbonyl (C=O) groups excluding carboxylic acids is 1. The summed E-state index contributed by atoms with van der Waals surface area (Å²) in [6.07, 6.45) is 0. The molecule has 0 saturated heterocycles. The van der Waals surface area contributed by atoms with E-state index in [9.17, 15) is 4.79 Å². The van der Waals surface area contributed by atoms with Crippen molar-refractivity contribution in [2.45, 2.75) is 6.92 Å². The molecule has 0 fully saturated rings. The summed E-state index contributed by atoms with van der Waals surface area (Å²) in [6, 6.07) is 16.1. The van der Waals surface area contributed by atoms with Crippen molar-refractivity contribution in [3.8, 4) is 0 Å². The third-order valence-corrected chi connectivity index (χ3v) is 4.25. The predicted molar refractivity (Wildman–Crippen MR) is 106 cm³/mol. The van der Waals surface area contributed by atoms with Gasteiger partial charge in [-0.3, -0.25) is 4.79 Å². The van der Waals surface area contributed by atoms with Crippen molar-refractivity contribution < 1.29 is 4.79 Å². The van der Waals surface area contributed by atoms with Crippen LogP contribution in [-0.4, -0.2) is 22.9 Å². The van der Waals surface area contributed by atoms with Crippen molar-refractivity contribution in [2.75, 3.05) is 17.3 Å². The molecule has 3 rings (SSSR count). The molecule has 0 unspecified atom stereocenters.